The molecule has 3 aliphatic heterocycles. The second-order valence-corrected chi connectivity index (χ2v) is 19.5. The number of amides is 1. The number of phenolic OH excluding ortho intramolecular Hbond substituents is 3. The average Bonchev–Trinajstić information content (AvgIpc) is 3.51. The number of ketones is 1. The van der Waals surface area contributed by atoms with Gasteiger partial charge in [0, 0.05) is 68.2 Å². The van der Waals surface area contributed by atoms with Crippen molar-refractivity contribution in [2.45, 2.75) is 130 Å². The van der Waals surface area contributed by atoms with Crippen molar-refractivity contribution in [3.8, 4) is 23.0 Å². The first-order chi connectivity index (χ1) is 30.1. The number of aliphatic hydroxyl groups excluding tert-OH is 2. The van der Waals surface area contributed by atoms with Crippen molar-refractivity contribution in [2.24, 2.45) is 46.5 Å². The van der Waals surface area contributed by atoms with Crippen LogP contribution in [0.25, 0.3) is 10.8 Å². The van der Waals surface area contributed by atoms with Gasteiger partial charge in [-0.05, 0) is 76.2 Å². The molecule has 0 radical (unpaired) electrons. The summed E-state index contributed by atoms with van der Waals surface area (Å²) in [6.45, 7) is 12.6. The van der Waals surface area contributed by atoms with E-state index in [9.17, 15) is 39.9 Å². The van der Waals surface area contributed by atoms with Gasteiger partial charge in [-0.2, -0.15) is 5.10 Å². The quantitative estimate of drug-likeness (QED) is 0.0588. The molecule has 0 spiro atoms. The van der Waals surface area contributed by atoms with Crippen molar-refractivity contribution >= 4 is 40.3 Å². The number of methoxy groups -OCH3 is 1. The highest BCUT2D eigenvalue weighted by molar-refractivity contribution is 6.23. The number of nitrogens with zero attached hydrogens (tertiary/aromatic N) is 2. The zero-order valence-corrected chi connectivity index (χ0v) is 38.5. The number of nitrogens with one attached hydrogen (secondary N) is 1. The number of aliphatic hydroxyl groups is 2. The zero-order chi connectivity index (χ0) is 46.7. The van der Waals surface area contributed by atoms with Crippen molar-refractivity contribution in [3.05, 3.63) is 52.8 Å². The highest BCUT2D eigenvalue weighted by Crippen LogP contribution is 2.58. The number of rotatable bonds is 5. The van der Waals surface area contributed by atoms with Crippen LogP contribution in [0.15, 0.2) is 41.2 Å². The molecule has 9 unspecified atom stereocenters. The van der Waals surface area contributed by atoms with Gasteiger partial charge >= 0.3 is 11.8 Å². The van der Waals surface area contributed by atoms with Crippen molar-refractivity contribution in [2.75, 3.05) is 19.5 Å². The number of Topliss-reactive ketones (excluding diaryl/α,β-unsaturated/α-hetero) is 1. The molecule has 6 N–H and O–H groups in total. The van der Waals surface area contributed by atoms with Crippen LogP contribution >= 0.6 is 0 Å². The molecule has 4 saturated carbocycles. The van der Waals surface area contributed by atoms with Gasteiger partial charge in [0.25, 0.3) is 11.7 Å². The fraction of sp³-hybridized carbons (Fsp3) is 0.592. The molecule has 4 fully saturated rings. The Labute approximate surface area is 374 Å². The van der Waals surface area contributed by atoms with E-state index in [1.807, 2.05) is 12.1 Å². The molecular weight excluding hydrogens is 823 g/mol. The van der Waals surface area contributed by atoms with Crippen LogP contribution in [0.5, 0.6) is 23.0 Å². The van der Waals surface area contributed by atoms with Crippen LogP contribution in [0.4, 0.5) is 5.69 Å². The number of ether oxygens (including phenoxy) is 4. The van der Waals surface area contributed by atoms with E-state index in [1.165, 1.54) is 71.8 Å². The number of anilines is 1. The molecule has 2 aromatic rings. The first-order valence-corrected chi connectivity index (χ1v) is 22.5. The van der Waals surface area contributed by atoms with Gasteiger partial charge in [0.1, 0.15) is 23.4 Å². The van der Waals surface area contributed by atoms with Crippen LogP contribution in [-0.4, -0.2) is 104 Å². The van der Waals surface area contributed by atoms with Crippen molar-refractivity contribution in [1.82, 2.24) is 5.01 Å². The van der Waals surface area contributed by atoms with E-state index in [1.54, 1.807) is 46.8 Å². The Hall–Kier alpha value is -5.12. The number of hydrazone groups is 1. The van der Waals surface area contributed by atoms with Gasteiger partial charge in [0.2, 0.25) is 0 Å². The van der Waals surface area contributed by atoms with E-state index in [-0.39, 0.29) is 50.0 Å². The van der Waals surface area contributed by atoms with Gasteiger partial charge in [-0.15, -0.1) is 0 Å². The summed E-state index contributed by atoms with van der Waals surface area (Å²) < 4.78 is 23.8. The van der Waals surface area contributed by atoms with Gasteiger partial charge in [-0.1, -0.05) is 45.9 Å². The molecule has 64 heavy (non-hydrogen) atoms. The van der Waals surface area contributed by atoms with E-state index in [0.717, 1.165) is 19.3 Å². The number of esters is 1. The van der Waals surface area contributed by atoms with Crippen LogP contribution in [-0.2, 0) is 23.8 Å². The van der Waals surface area contributed by atoms with Crippen molar-refractivity contribution in [1.29, 1.82) is 0 Å². The highest BCUT2D eigenvalue weighted by Gasteiger charge is 2.53. The molecule has 3 heterocycles. The topological polar surface area (TPSA) is 217 Å². The summed E-state index contributed by atoms with van der Waals surface area (Å²) in [7, 11) is 3.36. The van der Waals surface area contributed by atoms with Crippen LogP contribution in [0.1, 0.15) is 108 Å². The maximum Gasteiger partial charge on any atom is 0.312 e. The van der Waals surface area contributed by atoms with E-state index >= 15 is 0 Å². The van der Waals surface area contributed by atoms with Crippen LogP contribution in [0.2, 0.25) is 0 Å². The van der Waals surface area contributed by atoms with E-state index in [2.05, 4.69) is 5.32 Å². The summed E-state index contributed by atoms with van der Waals surface area (Å²) in [6, 6.07) is 0. The molecule has 9 bridgehead atoms. The van der Waals surface area contributed by atoms with Crippen molar-refractivity contribution < 1.29 is 58.9 Å². The monoisotopic (exact) mass is 887 g/mol. The summed E-state index contributed by atoms with van der Waals surface area (Å²) in [4.78, 5) is 41.0. The fourth-order valence-corrected chi connectivity index (χ4v) is 11.6. The molecule has 2 aromatic carbocycles. The Morgan fingerprint density at radius 2 is 1.53 bits per heavy atom. The SMILES string of the molecule is COC1/C=C\OC2(C)Oc3c(C)c(O)c4c(O)c(c(/C=N\N(C)C56CC7CC(CC(C7)C5)C6)c(O)c4c3C2=O)NC(=O)/C(C)=C/C=C\C(C)C(O)C(C)C(O)C(C)C(OC(C)=O)C1C. The smallest absolute Gasteiger partial charge is 0.312 e. The summed E-state index contributed by atoms with van der Waals surface area (Å²) in [5.74, 6) is -6.36. The van der Waals surface area contributed by atoms with Gasteiger partial charge in [-0.25, -0.2) is 0 Å². The van der Waals surface area contributed by atoms with Gasteiger partial charge in [0.05, 0.1) is 58.5 Å². The molecule has 9 rings (SSSR count). The molecule has 0 saturated heterocycles. The number of benzene rings is 2. The Morgan fingerprint density at radius 1 is 0.906 bits per heavy atom. The maximum absolute atomic E-state index is 14.6. The summed E-state index contributed by atoms with van der Waals surface area (Å²) >= 11 is 0. The largest absolute Gasteiger partial charge is 0.507 e. The molecule has 348 valence electrons. The molecule has 4 aliphatic carbocycles. The molecule has 15 nitrogen and oxygen atoms in total. The third kappa shape index (κ3) is 8.23. The second kappa shape index (κ2) is 17.7. The number of carbonyl (C=O) groups excluding carboxylic acids is 3. The molecule has 15 heteroatoms. The Balaban J connectivity index is 1.37. The zero-order valence-electron chi connectivity index (χ0n) is 38.5. The van der Waals surface area contributed by atoms with Crippen LogP contribution in [0.3, 0.4) is 0 Å². The normalized spacial score (nSPS) is 37.2. The van der Waals surface area contributed by atoms with Gasteiger partial charge in [0.15, 0.2) is 5.75 Å². The Morgan fingerprint density at radius 3 is 2.12 bits per heavy atom. The number of allylic oxidation sites excluding steroid dienone is 2. The maximum atomic E-state index is 14.6. The standard InChI is InChI=1S/C49H65N3O12/c1-23-12-11-13-24(2)47(60)51-38-33(22-50-52(9)49-19-30-16-31(20-49)18-32(17-30)21-49)42(57)35-36(43(38)58)41(56)28(6)45-37(35)46(59)48(8,64-45)62-15-14-34(61-10)25(3)44(63-29(7)53)27(5)40(55)26(4)39(23)54/h11-15,22-23,25-27,30-32,34,39-40,44,54-58H,16-21H2,1-10H3,(H,51,60)/b12-11-,15-14-,24-13+,50-22-. The fourth-order valence-electron chi connectivity index (χ4n) is 11.6. The van der Waals surface area contributed by atoms with Gasteiger partial charge in [-0.3, -0.25) is 19.4 Å². The van der Waals surface area contributed by atoms with E-state index < -0.39 is 88.8 Å². The minimum absolute atomic E-state index is 0.0690. The minimum Gasteiger partial charge on any atom is -0.507 e. The van der Waals surface area contributed by atoms with Crippen LogP contribution < -0.4 is 10.1 Å². The van der Waals surface area contributed by atoms with Gasteiger partial charge < -0.3 is 49.8 Å². The second-order valence-electron chi connectivity index (χ2n) is 19.5. The molecule has 7 aliphatic rings. The predicted molar refractivity (Wildman–Crippen MR) is 240 cm³/mol. The molecule has 1 amide bonds. The summed E-state index contributed by atoms with van der Waals surface area (Å²) in [6.07, 6.45) is 11.7. The first kappa shape index (κ1) is 46.9. The lowest BCUT2D eigenvalue weighted by Gasteiger charge is -2.59. The highest BCUT2D eigenvalue weighted by atomic mass is 16.7. The molecule has 0 aromatic heterocycles. The number of hydrogen-bond donors (Lipinski definition) is 6. The lowest BCUT2D eigenvalue weighted by atomic mass is 9.53. The first-order valence-electron chi connectivity index (χ1n) is 22.5. The Bertz CT molecular complexity index is 2280. The average molecular weight is 888 g/mol. The predicted octanol–water partition coefficient (Wildman–Crippen LogP) is 6.99. The molecular formula is C49H65N3O12. The summed E-state index contributed by atoms with van der Waals surface area (Å²) in [5.41, 5.74) is -0.421. The number of fused-ring (bicyclic) bond motifs is 14. The lowest BCUT2D eigenvalue weighted by molar-refractivity contribution is -0.160. The number of phenols is 3. The van der Waals surface area contributed by atoms with Crippen molar-refractivity contribution in [3.63, 3.8) is 0 Å². The van der Waals surface area contributed by atoms with E-state index in [4.69, 9.17) is 24.0 Å². The Kier molecular flexibility index (Phi) is 13.0. The summed E-state index contributed by atoms with van der Waals surface area (Å²) in [5, 5.41) is 68.3. The molecule has 9 atom stereocenters. The van der Waals surface area contributed by atoms with E-state index in [0.29, 0.717) is 17.8 Å². The number of hydrogen-bond acceptors (Lipinski definition) is 14. The number of aromatic hydroxyl groups is 3. The third-order valence-corrected chi connectivity index (χ3v) is 15.1. The minimum atomic E-state index is -2.04. The lowest BCUT2D eigenvalue weighted by Crippen LogP contribution is -2.57. The van der Waals surface area contributed by atoms with Crippen LogP contribution in [0, 0.1) is 48.3 Å². The third-order valence-electron chi connectivity index (χ3n) is 15.1. The number of carbonyl (C=O) groups is 3.